The average Bonchev–Trinajstić information content (AvgIpc) is 3.36. The molecule has 2 N–H and O–H groups in total. The van der Waals surface area contributed by atoms with Crippen molar-refractivity contribution in [2.24, 2.45) is 0 Å². The number of H-pyrrole nitrogens is 1. The van der Waals surface area contributed by atoms with E-state index in [-0.39, 0.29) is 7.69 Å². The summed E-state index contributed by atoms with van der Waals surface area (Å²) in [6.07, 6.45) is 5.05. The summed E-state index contributed by atoms with van der Waals surface area (Å²) in [5.74, 6) is 2.25. The minimum atomic E-state index is -0.357. The number of benzene rings is 2. The van der Waals surface area contributed by atoms with Crippen LogP contribution in [0.5, 0.6) is 5.75 Å². The molecule has 2 aromatic heterocycles. The fourth-order valence-corrected chi connectivity index (χ4v) is 3.90. The molecular weight excluding hydrogens is 339 g/mol. The average molecular weight is 358 g/mol. The minimum Gasteiger partial charge on any atom is -0.539 e. The van der Waals surface area contributed by atoms with Gasteiger partial charge in [0.2, 0.25) is 0 Å². The number of imidazole rings is 1. The summed E-state index contributed by atoms with van der Waals surface area (Å²) in [6.45, 7) is 0. The Morgan fingerprint density at radius 1 is 1.00 bits per heavy atom. The molecule has 0 atom stereocenters. The van der Waals surface area contributed by atoms with E-state index in [2.05, 4.69) is 21.2 Å². The largest absolute Gasteiger partial charge is 0.539 e. The summed E-state index contributed by atoms with van der Waals surface area (Å²) in [5, 5.41) is 18.5. The van der Waals surface area contributed by atoms with E-state index in [1.807, 2.05) is 30.3 Å². The lowest BCUT2D eigenvalue weighted by Gasteiger charge is -2.05. The maximum absolute atomic E-state index is 8.88. The first-order valence-electron chi connectivity index (χ1n) is 9.31. The number of nitrogens with one attached hydrogen (secondary N) is 1. The molecule has 0 spiro atoms. The zero-order chi connectivity index (χ0) is 18.2. The van der Waals surface area contributed by atoms with Crippen molar-refractivity contribution < 1.29 is 9.68 Å². The maximum atomic E-state index is 8.88. The standard InChI is InChI=1S/C20H19BN4O2/c26-21-27-15-7-5-13-9-17(24-25-18(13)11-15)14-6-8-16-19(10-14)23-20(22-16)12-3-1-2-4-12/h5-12,21,26H,1-4H2,(H,22,23). The number of nitrogens with zero attached hydrogens (tertiary/aromatic N) is 3. The van der Waals surface area contributed by atoms with Gasteiger partial charge in [0.1, 0.15) is 11.6 Å². The summed E-state index contributed by atoms with van der Waals surface area (Å²) in [4.78, 5) is 8.29. The van der Waals surface area contributed by atoms with Crippen LogP contribution in [-0.2, 0) is 0 Å². The van der Waals surface area contributed by atoms with Crippen molar-refractivity contribution in [2.45, 2.75) is 31.6 Å². The smallest absolute Gasteiger partial charge is 0.504 e. The van der Waals surface area contributed by atoms with Gasteiger partial charge in [-0.15, -0.1) is 10.2 Å². The van der Waals surface area contributed by atoms with E-state index in [0.29, 0.717) is 11.7 Å². The molecule has 0 saturated heterocycles. The molecule has 0 radical (unpaired) electrons. The van der Waals surface area contributed by atoms with E-state index >= 15 is 0 Å². The molecule has 0 aliphatic heterocycles. The molecule has 7 heteroatoms. The van der Waals surface area contributed by atoms with Gasteiger partial charge in [0.15, 0.2) is 0 Å². The Hall–Kier alpha value is -2.93. The highest BCUT2D eigenvalue weighted by molar-refractivity contribution is 6.17. The van der Waals surface area contributed by atoms with Crippen LogP contribution in [0.2, 0.25) is 0 Å². The van der Waals surface area contributed by atoms with Gasteiger partial charge in [0, 0.05) is 22.9 Å². The van der Waals surface area contributed by atoms with Gasteiger partial charge in [-0.25, -0.2) is 4.98 Å². The molecule has 5 rings (SSSR count). The molecule has 1 saturated carbocycles. The number of hydrogen-bond donors (Lipinski definition) is 2. The summed E-state index contributed by atoms with van der Waals surface area (Å²) in [7, 11) is -0.357. The highest BCUT2D eigenvalue weighted by atomic mass is 16.5. The van der Waals surface area contributed by atoms with Crippen LogP contribution in [0, 0.1) is 0 Å². The molecule has 0 unspecified atom stereocenters. The van der Waals surface area contributed by atoms with Crippen LogP contribution >= 0.6 is 0 Å². The molecule has 4 aromatic rings. The third kappa shape index (κ3) is 3.04. The number of aromatic amines is 1. The number of aromatic nitrogens is 4. The Labute approximate surface area is 156 Å². The second kappa shape index (κ2) is 6.66. The Morgan fingerprint density at radius 2 is 1.89 bits per heavy atom. The summed E-state index contributed by atoms with van der Waals surface area (Å²) in [6, 6.07) is 13.7. The van der Waals surface area contributed by atoms with E-state index in [1.165, 1.54) is 25.7 Å². The molecule has 1 aliphatic rings. The molecule has 0 amide bonds. The zero-order valence-electron chi connectivity index (χ0n) is 14.9. The molecular formula is C20H19BN4O2. The molecule has 27 heavy (non-hydrogen) atoms. The quantitative estimate of drug-likeness (QED) is 0.546. The molecule has 134 valence electrons. The molecule has 2 heterocycles. The van der Waals surface area contributed by atoms with Gasteiger partial charge in [-0.05, 0) is 43.2 Å². The third-order valence-electron chi connectivity index (χ3n) is 5.33. The van der Waals surface area contributed by atoms with Crippen molar-refractivity contribution in [3.05, 3.63) is 48.3 Å². The van der Waals surface area contributed by atoms with Crippen LogP contribution in [0.25, 0.3) is 33.2 Å². The second-order valence-electron chi connectivity index (χ2n) is 7.06. The Kier molecular flexibility index (Phi) is 4.01. The number of hydrogen-bond acceptors (Lipinski definition) is 5. The predicted octanol–water partition coefficient (Wildman–Crippen LogP) is 3.47. The van der Waals surface area contributed by atoms with Crippen LogP contribution in [0.3, 0.4) is 0 Å². The lowest BCUT2D eigenvalue weighted by molar-refractivity contribution is 0.454. The Balaban J connectivity index is 1.51. The summed E-state index contributed by atoms with van der Waals surface area (Å²) in [5.41, 5.74) is 4.60. The van der Waals surface area contributed by atoms with Gasteiger partial charge in [-0.3, -0.25) is 0 Å². The summed E-state index contributed by atoms with van der Waals surface area (Å²) < 4.78 is 5.10. The van der Waals surface area contributed by atoms with Crippen LogP contribution < -0.4 is 4.65 Å². The monoisotopic (exact) mass is 358 g/mol. The van der Waals surface area contributed by atoms with E-state index in [0.717, 1.165) is 39.0 Å². The first-order chi connectivity index (χ1) is 13.3. The van der Waals surface area contributed by atoms with Crippen LogP contribution in [0.15, 0.2) is 42.5 Å². The van der Waals surface area contributed by atoms with Crippen molar-refractivity contribution in [1.29, 1.82) is 0 Å². The lowest BCUT2D eigenvalue weighted by Crippen LogP contribution is -1.99. The molecule has 6 nitrogen and oxygen atoms in total. The van der Waals surface area contributed by atoms with Gasteiger partial charge in [-0.1, -0.05) is 18.9 Å². The van der Waals surface area contributed by atoms with Crippen LogP contribution in [0.4, 0.5) is 0 Å². The minimum absolute atomic E-state index is 0.357. The van der Waals surface area contributed by atoms with Gasteiger partial charge in [-0.2, -0.15) is 0 Å². The molecule has 2 aromatic carbocycles. The van der Waals surface area contributed by atoms with E-state index in [1.54, 1.807) is 6.07 Å². The maximum Gasteiger partial charge on any atom is 0.504 e. The van der Waals surface area contributed by atoms with E-state index in [9.17, 15) is 0 Å². The topological polar surface area (TPSA) is 83.9 Å². The fraction of sp³-hybridized carbons (Fsp3) is 0.250. The number of fused-ring (bicyclic) bond motifs is 2. The summed E-state index contributed by atoms with van der Waals surface area (Å²) >= 11 is 0. The van der Waals surface area contributed by atoms with Gasteiger partial charge in [0.05, 0.1) is 22.2 Å². The lowest BCUT2D eigenvalue weighted by atomic mass is 10.1. The second-order valence-corrected chi connectivity index (χ2v) is 7.06. The highest BCUT2D eigenvalue weighted by Crippen LogP contribution is 2.34. The molecule has 1 aliphatic carbocycles. The van der Waals surface area contributed by atoms with Gasteiger partial charge >= 0.3 is 7.69 Å². The van der Waals surface area contributed by atoms with Crippen LogP contribution in [-0.4, -0.2) is 32.9 Å². The first-order valence-corrected chi connectivity index (χ1v) is 9.31. The zero-order valence-corrected chi connectivity index (χ0v) is 14.9. The van der Waals surface area contributed by atoms with Crippen molar-refractivity contribution in [3.63, 3.8) is 0 Å². The molecule has 0 bridgehead atoms. The Bertz CT molecular complexity index is 1120. The fourth-order valence-electron chi connectivity index (χ4n) is 3.90. The normalized spacial score (nSPS) is 14.9. The molecule has 1 fully saturated rings. The predicted molar refractivity (Wildman–Crippen MR) is 106 cm³/mol. The van der Waals surface area contributed by atoms with Crippen molar-refractivity contribution in [1.82, 2.24) is 20.2 Å². The van der Waals surface area contributed by atoms with E-state index in [4.69, 9.17) is 14.7 Å². The van der Waals surface area contributed by atoms with Crippen molar-refractivity contribution in [2.75, 3.05) is 0 Å². The van der Waals surface area contributed by atoms with Crippen LogP contribution in [0.1, 0.15) is 37.4 Å². The SMILES string of the molecule is OBOc1ccc2cc(-c3ccc4nc(C5CCCC5)[nH]c4c3)nnc2c1. The van der Waals surface area contributed by atoms with Crippen molar-refractivity contribution in [3.8, 4) is 17.0 Å². The first kappa shape index (κ1) is 16.3. The Morgan fingerprint density at radius 3 is 2.74 bits per heavy atom. The van der Waals surface area contributed by atoms with Crippen molar-refractivity contribution >= 4 is 29.6 Å². The third-order valence-corrected chi connectivity index (χ3v) is 5.33. The van der Waals surface area contributed by atoms with E-state index < -0.39 is 0 Å². The van der Waals surface area contributed by atoms with Gasteiger partial charge in [0.25, 0.3) is 0 Å². The highest BCUT2D eigenvalue weighted by Gasteiger charge is 2.20. The van der Waals surface area contributed by atoms with Gasteiger partial charge < -0.3 is 14.7 Å². The number of rotatable bonds is 4.